The Labute approximate surface area is 212 Å². The van der Waals surface area contributed by atoms with Gasteiger partial charge in [-0.3, -0.25) is 9.59 Å². The van der Waals surface area contributed by atoms with Gasteiger partial charge in [0.1, 0.15) is 18.4 Å². The predicted octanol–water partition coefficient (Wildman–Crippen LogP) is 3.98. The lowest BCUT2D eigenvalue weighted by molar-refractivity contribution is -0.159. The molecule has 7 nitrogen and oxygen atoms in total. The maximum absolute atomic E-state index is 13.8. The molecule has 3 heterocycles. The van der Waals surface area contributed by atoms with Crippen molar-refractivity contribution in [2.75, 3.05) is 13.7 Å². The first-order valence-electron chi connectivity index (χ1n) is 12.1. The third-order valence-electron chi connectivity index (χ3n) is 7.28. The molecule has 0 bridgehead atoms. The van der Waals surface area contributed by atoms with Crippen molar-refractivity contribution < 1.29 is 23.5 Å². The number of amides is 2. The van der Waals surface area contributed by atoms with Gasteiger partial charge in [0.05, 0.1) is 18.7 Å². The molecule has 4 aromatic rings. The molecule has 1 saturated heterocycles. The quantitative estimate of drug-likeness (QED) is 0.433. The topological polar surface area (TPSA) is 82.7 Å². The van der Waals surface area contributed by atoms with E-state index in [4.69, 9.17) is 4.74 Å². The first-order valence-corrected chi connectivity index (χ1v) is 12.1. The molecule has 2 amide bonds. The Bertz CT molecular complexity index is 1530. The van der Waals surface area contributed by atoms with Crippen molar-refractivity contribution in [1.29, 1.82) is 0 Å². The minimum Gasteiger partial charge on any atom is -0.465 e. The molecule has 1 aromatic heterocycles. The van der Waals surface area contributed by atoms with E-state index in [2.05, 4.69) is 4.98 Å². The molecule has 37 heavy (non-hydrogen) atoms. The van der Waals surface area contributed by atoms with E-state index in [9.17, 15) is 18.8 Å². The molecule has 1 fully saturated rings. The van der Waals surface area contributed by atoms with Crippen molar-refractivity contribution in [3.8, 4) is 0 Å². The smallest absolute Gasteiger partial charge is 0.337 e. The van der Waals surface area contributed by atoms with E-state index in [0.29, 0.717) is 12.0 Å². The fraction of sp³-hybridized carbons (Fsp3) is 0.207. The molecule has 2 aliphatic heterocycles. The summed E-state index contributed by atoms with van der Waals surface area (Å²) >= 11 is 0. The number of para-hydroxylation sites is 1. The molecular formula is C29H24FN3O4. The molecular weight excluding hydrogens is 473 g/mol. The van der Waals surface area contributed by atoms with E-state index in [0.717, 1.165) is 33.3 Å². The molecule has 186 valence electrons. The van der Waals surface area contributed by atoms with Crippen LogP contribution in [0.4, 0.5) is 4.39 Å². The number of nitrogens with zero attached hydrogens (tertiary/aromatic N) is 2. The third-order valence-corrected chi connectivity index (χ3v) is 7.28. The van der Waals surface area contributed by atoms with Crippen LogP contribution in [0.1, 0.15) is 38.8 Å². The highest BCUT2D eigenvalue weighted by Gasteiger charge is 2.48. The van der Waals surface area contributed by atoms with Crippen molar-refractivity contribution in [1.82, 2.24) is 14.8 Å². The lowest BCUT2D eigenvalue weighted by Gasteiger charge is -2.47. The number of H-pyrrole nitrogens is 1. The second-order valence-electron chi connectivity index (χ2n) is 9.42. The van der Waals surface area contributed by atoms with E-state index in [1.165, 1.54) is 19.2 Å². The number of ether oxygens (including phenoxy) is 1. The fourth-order valence-electron chi connectivity index (χ4n) is 5.53. The van der Waals surface area contributed by atoms with Crippen LogP contribution in [0.15, 0.2) is 72.8 Å². The SMILES string of the molecule is COC(=O)c1ccc(C2c3[nH]c4ccccc4c3C[C@@H]3C(=O)N(Cc4ccc(F)cc4)CC(=O)N23)cc1. The van der Waals surface area contributed by atoms with Crippen LogP contribution in [0.5, 0.6) is 0 Å². The van der Waals surface area contributed by atoms with Crippen molar-refractivity contribution in [2.45, 2.75) is 25.0 Å². The fourth-order valence-corrected chi connectivity index (χ4v) is 5.53. The number of benzene rings is 3. The van der Waals surface area contributed by atoms with Gasteiger partial charge in [0.25, 0.3) is 0 Å². The summed E-state index contributed by atoms with van der Waals surface area (Å²) in [7, 11) is 1.33. The van der Waals surface area contributed by atoms with Gasteiger partial charge in [0, 0.05) is 29.6 Å². The Kier molecular flexibility index (Phi) is 5.52. The van der Waals surface area contributed by atoms with Gasteiger partial charge < -0.3 is 19.5 Å². The van der Waals surface area contributed by atoms with E-state index >= 15 is 0 Å². The number of halogens is 1. The lowest BCUT2D eigenvalue weighted by atomic mass is 9.86. The number of piperazine rings is 1. The van der Waals surface area contributed by atoms with Gasteiger partial charge >= 0.3 is 5.97 Å². The normalized spacial score (nSPS) is 19.1. The number of esters is 1. The zero-order chi connectivity index (χ0) is 25.7. The number of methoxy groups -OCH3 is 1. The van der Waals surface area contributed by atoms with Gasteiger partial charge in [-0.15, -0.1) is 0 Å². The van der Waals surface area contributed by atoms with Crippen LogP contribution in [0.25, 0.3) is 10.9 Å². The van der Waals surface area contributed by atoms with Crippen LogP contribution in [0.2, 0.25) is 0 Å². The summed E-state index contributed by atoms with van der Waals surface area (Å²) in [5.74, 6) is -1.11. The van der Waals surface area contributed by atoms with Crippen LogP contribution >= 0.6 is 0 Å². The first-order chi connectivity index (χ1) is 17.9. The van der Waals surface area contributed by atoms with Gasteiger partial charge in [0.2, 0.25) is 11.8 Å². The van der Waals surface area contributed by atoms with Gasteiger partial charge in [-0.1, -0.05) is 42.5 Å². The van der Waals surface area contributed by atoms with Gasteiger partial charge in [-0.25, -0.2) is 9.18 Å². The minimum atomic E-state index is -0.682. The lowest BCUT2D eigenvalue weighted by Crippen LogP contribution is -2.62. The number of hydrogen-bond acceptors (Lipinski definition) is 4. The van der Waals surface area contributed by atoms with Gasteiger partial charge in [0.15, 0.2) is 0 Å². The standard InChI is InChI=1S/C29H24FN3O4/c1-37-29(36)19-10-8-18(9-11-19)27-26-22(21-4-2-3-5-23(21)31-26)14-24-28(35)32(16-25(34)33(24)27)15-17-6-12-20(30)13-7-17/h2-13,24,27,31H,14-16H2,1H3/t24-,27?/m1/s1. The van der Waals surface area contributed by atoms with Crippen LogP contribution < -0.4 is 0 Å². The molecule has 6 rings (SSSR count). The van der Waals surface area contributed by atoms with Crippen LogP contribution in [0.3, 0.4) is 0 Å². The Morgan fingerprint density at radius 3 is 2.49 bits per heavy atom. The van der Waals surface area contributed by atoms with E-state index in [1.54, 1.807) is 46.2 Å². The average Bonchev–Trinajstić information content (AvgIpc) is 3.29. The Morgan fingerprint density at radius 2 is 1.76 bits per heavy atom. The number of hydrogen-bond donors (Lipinski definition) is 1. The molecule has 0 radical (unpaired) electrons. The molecule has 2 atom stereocenters. The zero-order valence-electron chi connectivity index (χ0n) is 20.1. The van der Waals surface area contributed by atoms with Crippen molar-refractivity contribution in [3.05, 3.63) is 107 Å². The van der Waals surface area contributed by atoms with Crippen LogP contribution in [-0.2, 0) is 27.3 Å². The van der Waals surface area contributed by atoms with Crippen LogP contribution in [-0.4, -0.2) is 52.3 Å². The molecule has 3 aromatic carbocycles. The monoisotopic (exact) mass is 497 g/mol. The highest BCUT2D eigenvalue weighted by atomic mass is 19.1. The minimum absolute atomic E-state index is 0.0704. The van der Waals surface area contributed by atoms with E-state index < -0.39 is 18.1 Å². The van der Waals surface area contributed by atoms with Crippen molar-refractivity contribution in [2.24, 2.45) is 0 Å². The second-order valence-corrected chi connectivity index (χ2v) is 9.42. The molecule has 2 aliphatic rings. The maximum atomic E-state index is 13.8. The number of carbonyl (C=O) groups is 3. The highest BCUT2D eigenvalue weighted by molar-refractivity contribution is 5.97. The Balaban J connectivity index is 1.42. The summed E-state index contributed by atoms with van der Waals surface area (Å²) in [4.78, 5) is 46.1. The average molecular weight is 498 g/mol. The summed E-state index contributed by atoms with van der Waals surface area (Å²) in [5.41, 5.74) is 4.77. The number of aromatic nitrogens is 1. The van der Waals surface area contributed by atoms with E-state index in [-0.39, 0.29) is 30.7 Å². The van der Waals surface area contributed by atoms with Gasteiger partial charge in [-0.2, -0.15) is 0 Å². The Hall–Kier alpha value is -4.46. The van der Waals surface area contributed by atoms with E-state index in [1.807, 2.05) is 24.3 Å². The summed E-state index contributed by atoms with van der Waals surface area (Å²) in [6, 6.07) is 19.6. The number of aromatic amines is 1. The molecule has 0 spiro atoms. The molecule has 8 heteroatoms. The van der Waals surface area contributed by atoms with Crippen molar-refractivity contribution in [3.63, 3.8) is 0 Å². The maximum Gasteiger partial charge on any atom is 0.337 e. The number of fused-ring (bicyclic) bond motifs is 4. The second kappa shape index (κ2) is 8.89. The predicted molar refractivity (Wildman–Crippen MR) is 134 cm³/mol. The summed E-state index contributed by atoms with van der Waals surface area (Å²) in [5, 5.41) is 1.02. The molecule has 0 aliphatic carbocycles. The highest BCUT2D eigenvalue weighted by Crippen LogP contribution is 2.42. The number of nitrogens with one attached hydrogen (secondary N) is 1. The molecule has 1 unspecified atom stereocenters. The molecule has 0 saturated carbocycles. The first kappa shape index (κ1) is 23.0. The summed E-state index contributed by atoms with van der Waals surface area (Å²) in [6.45, 7) is 0.160. The third kappa shape index (κ3) is 3.85. The van der Waals surface area contributed by atoms with Gasteiger partial charge in [-0.05, 0) is 47.0 Å². The van der Waals surface area contributed by atoms with Crippen LogP contribution in [0, 0.1) is 5.82 Å². The zero-order valence-corrected chi connectivity index (χ0v) is 20.1. The number of carbonyl (C=O) groups excluding carboxylic acids is 3. The Morgan fingerprint density at radius 1 is 1.03 bits per heavy atom. The molecule has 1 N–H and O–H groups in total. The number of rotatable bonds is 4. The summed E-state index contributed by atoms with van der Waals surface area (Å²) in [6.07, 6.45) is 0.389. The summed E-state index contributed by atoms with van der Waals surface area (Å²) < 4.78 is 18.2. The van der Waals surface area contributed by atoms with Crippen molar-refractivity contribution >= 4 is 28.7 Å². The largest absolute Gasteiger partial charge is 0.465 e.